The van der Waals surface area contributed by atoms with Crippen molar-refractivity contribution in [1.29, 1.82) is 0 Å². The molecule has 0 spiro atoms. The van der Waals surface area contributed by atoms with E-state index in [1.807, 2.05) is 4.57 Å². The van der Waals surface area contributed by atoms with Gasteiger partial charge in [-0.3, -0.25) is 4.57 Å². The molecule has 2 aromatic rings. The molecule has 0 unspecified atom stereocenters. The molecule has 1 aliphatic carbocycles. The van der Waals surface area contributed by atoms with Gasteiger partial charge in [0.2, 0.25) is 5.95 Å². The van der Waals surface area contributed by atoms with Crippen LogP contribution in [0.25, 0.3) is 11.2 Å². The molecule has 0 aromatic carbocycles. The van der Waals surface area contributed by atoms with Gasteiger partial charge in [-0.1, -0.05) is 6.92 Å². The molecule has 1 saturated carbocycles. The number of fused-ring (bicyclic) bond motifs is 1. The Hall–Kier alpha value is -1.93. The van der Waals surface area contributed by atoms with E-state index in [0.717, 1.165) is 19.3 Å². The van der Waals surface area contributed by atoms with Gasteiger partial charge >= 0.3 is 0 Å². The van der Waals surface area contributed by atoms with Gasteiger partial charge in [-0.15, -0.1) is 0 Å². The van der Waals surface area contributed by atoms with E-state index in [2.05, 4.69) is 27.2 Å². The Morgan fingerprint density at radius 2 is 2.27 bits per heavy atom. The summed E-state index contributed by atoms with van der Waals surface area (Å²) >= 11 is 0. The van der Waals surface area contributed by atoms with Gasteiger partial charge in [0.25, 0.3) is 0 Å². The highest BCUT2D eigenvalue weighted by Gasteiger charge is 2.34. The van der Waals surface area contributed by atoms with E-state index >= 15 is 0 Å². The minimum Gasteiger partial charge on any atom is -0.394 e. The van der Waals surface area contributed by atoms with E-state index in [0.29, 0.717) is 23.0 Å². The minimum atomic E-state index is -0.190. The van der Waals surface area contributed by atoms with E-state index in [9.17, 15) is 5.11 Å². The topological polar surface area (TPSA) is 111 Å². The summed E-state index contributed by atoms with van der Waals surface area (Å²) in [6.07, 6.45) is 4.50. The van der Waals surface area contributed by atoms with Crippen molar-refractivity contribution in [3.05, 3.63) is 6.33 Å². The number of hydrogen-bond donors (Lipinski definition) is 3. The lowest BCUT2D eigenvalue weighted by Crippen LogP contribution is -2.16. The predicted molar refractivity (Wildman–Crippen MR) is 81.2 cm³/mol. The smallest absolute Gasteiger partial charge is 0.224 e. The minimum absolute atomic E-state index is 0.0269. The van der Waals surface area contributed by atoms with Crippen LogP contribution in [-0.2, 0) is 4.74 Å². The summed E-state index contributed by atoms with van der Waals surface area (Å²) in [5.41, 5.74) is 7.24. The van der Waals surface area contributed by atoms with Gasteiger partial charge in [-0.05, 0) is 19.3 Å². The van der Waals surface area contributed by atoms with Crippen LogP contribution in [0.1, 0.15) is 32.4 Å². The quantitative estimate of drug-likeness (QED) is 0.769. The highest BCUT2D eigenvalue weighted by molar-refractivity contribution is 5.84. The Morgan fingerprint density at radius 3 is 2.95 bits per heavy atom. The van der Waals surface area contributed by atoms with Crippen molar-refractivity contribution in [2.24, 2.45) is 5.92 Å². The number of nitrogens with two attached hydrogens (primary N) is 1. The largest absolute Gasteiger partial charge is 0.394 e. The molecule has 22 heavy (non-hydrogen) atoms. The molecule has 4 rings (SSSR count). The van der Waals surface area contributed by atoms with Crippen molar-refractivity contribution < 1.29 is 9.84 Å². The normalized spacial score (nSPS) is 28.4. The van der Waals surface area contributed by atoms with Crippen LogP contribution in [0.5, 0.6) is 0 Å². The van der Waals surface area contributed by atoms with Gasteiger partial charge in [0.15, 0.2) is 17.0 Å². The van der Waals surface area contributed by atoms with Gasteiger partial charge in [0.05, 0.1) is 19.0 Å². The molecule has 0 amide bonds. The number of aromatic nitrogens is 4. The highest BCUT2D eigenvalue weighted by atomic mass is 16.5. The third kappa shape index (κ3) is 2.28. The van der Waals surface area contributed by atoms with Gasteiger partial charge in [0, 0.05) is 12.0 Å². The van der Waals surface area contributed by atoms with Crippen molar-refractivity contribution in [2.45, 2.75) is 44.6 Å². The molecule has 2 aliphatic rings. The van der Waals surface area contributed by atoms with Crippen LogP contribution in [0.15, 0.2) is 6.33 Å². The summed E-state index contributed by atoms with van der Waals surface area (Å²) in [6, 6.07) is 0.461. The first-order valence-electron chi connectivity index (χ1n) is 7.68. The Labute approximate surface area is 127 Å². The number of hydrogen-bond acceptors (Lipinski definition) is 7. The van der Waals surface area contributed by atoms with Crippen LogP contribution in [0, 0.1) is 5.92 Å². The van der Waals surface area contributed by atoms with Crippen LogP contribution in [0.2, 0.25) is 0 Å². The van der Waals surface area contributed by atoms with Crippen LogP contribution < -0.4 is 11.1 Å². The van der Waals surface area contributed by atoms with Crippen LogP contribution >= 0.6 is 0 Å². The van der Waals surface area contributed by atoms with Crippen molar-refractivity contribution in [3.8, 4) is 0 Å². The van der Waals surface area contributed by atoms with Crippen molar-refractivity contribution in [3.63, 3.8) is 0 Å². The zero-order valence-electron chi connectivity index (χ0n) is 12.4. The standard InChI is InChI=1S/C14H20N6O2/c1-7-4-9(5-21)22-13(7)20-6-16-10-11(17-8-2-3-8)18-14(15)19-12(10)20/h6-9,13,21H,2-5H2,1H3,(H3,15,17,18,19)/t7-,9-,13+/m0/s1. The lowest BCUT2D eigenvalue weighted by atomic mass is 10.1. The monoisotopic (exact) mass is 304 g/mol. The lowest BCUT2D eigenvalue weighted by Gasteiger charge is -2.17. The maximum atomic E-state index is 9.30. The molecule has 4 N–H and O–H groups in total. The van der Waals surface area contributed by atoms with Crippen LogP contribution in [-0.4, -0.2) is 43.4 Å². The molecule has 3 atom stereocenters. The van der Waals surface area contributed by atoms with Gasteiger partial charge in [-0.25, -0.2) is 4.98 Å². The molecule has 2 fully saturated rings. The molecule has 1 saturated heterocycles. The first-order chi connectivity index (χ1) is 10.7. The molecular formula is C14H20N6O2. The zero-order chi connectivity index (χ0) is 15.3. The van der Waals surface area contributed by atoms with Crippen molar-refractivity contribution in [2.75, 3.05) is 17.7 Å². The summed E-state index contributed by atoms with van der Waals surface area (Å²) in [6.45, 7) is 2.12. The van der Waals surface area contributed by atoms with E-state index in [-0.39, 0.29) is 30.8 Å². The Bertz CT molecular complexity index is 698. The summed E-state index contributed by atoms with van der Waals surface area (Å²) in [7, 11) is 0. The SMILES string of the molecule is C[C@H]1C[C@@H](CO)O[C@H]1n1cnc2c(NC3CC3)nc(N)nc21. The number of aliphatic hydroxyl groups excluding tert-OH is 1. The van der Waals surface area contributed by atoms with Crippen LogP contribution in [0.4, 0.5) is 11.8 Å². The molecule has 118 valence electrons. The molecule has 3 heterocycles. The van der Waals surface area contributed by atoms with Gasteiger partial charge < -0.3 is 20.9 Å². The van der Waals surface area contributed by atoms with Gasteiger partial charge in [-0.2, -0.15) is 9.97 Å². The van der Waals surface area contributed by atoms with Crippen molar-refractivity contribution in [1.82, 2.24) is 19.5 Å². The fourth-order valence-electron chi connectivity index (χ4n) is 3.02. The number of ether oxygens (including phenoxy) is 1. The number of rotatable bonds is 4. The number of aliphatic hydroxyl groups is 1. The summed E-state index contributed by atoms with van der Waals surface area (Å²) in [5.74, 6) is 1.18. The molecule has 0 radical (unpaired) electrons. The summed E-state index contributed by atoms with van der Waals surface area (Å²) < 4.78 is 7.79. The first-order valence-corrected chi connectivity index (χ1v) is 7.68. The molecule has 0 bridgehead atoms. The molecular weight excluding hydrogens is 284 g/mol. The number of nitrogen functional groups attached to an aromatic ring is 1. The van der Waals surface area contributed by atoms with Crippen LogP contribution in [0.3, 0.4) is 0 Å². The van der Waals surface area contributed by atoms with E-state index in [1.54, 1.807) is 6.33 Å². The lowest BCUT2D eigenvalue weighted by molar-refractivity contribution is -0.0294. The third-order valence-electron chi connectivity index (χ3n) is 4.29. The fraction of sp³-hybridized carbons (Fsp3) is 0.643. The van der Waals surface area contributed by atoms with E-state index in [4.69, 9.17) is 10.5 Å². The Morgan fingerprint density at radius 1 is 1.45 bits per heavy atom. The third-order valence-corrected chi connectivity index (χ3v) is 4.29. The Kier molecular flexibility index (Phi) is 3.16. The van der Waals surface area contributed by atoms with E-state index in [1.165, 1.54) is 0 Å². The number of anilines is 2. The fourth-order valence-corrected chi connectivity index (χ4v) is 3.02. The average molecular weight is 304 g/mol. The second-order valence-corrected chi connectivity index (χ2v) is 6.22. The molecule has 2 aromatic heterocycles. The number of imidazole rings is 1. The summed E-state index contributed by atoms with van der Waals surface area (Å²) in [4.78, 5) is 13.1. The van der Waals surface area contributed by atoms with Crippen molar-refractivity contribution >= 4 is 22.9 Å². The predicted octanol–water partition coefficient (Wildman–Crippen LogP) is 0.899. The molecule has 8 nitrogen and oxygen atoms in total. The maximum Gasteiger partial charge on any atom is 0.224 e. The highest BCUT2D eigenvalue weighted by Crippen LogP contribution is 2.36. The summed E-state index contributed by atoms with van der Waals surface area (Å²) in [5, 5.41) is 12.6. The van der Waals surface area contributed by atoms with Gasteiger partial charge in [0.1, 0.15) is 6.23 Å². The second kappa shape index (κ2) is 5.06. The van der Waals surface area contributed by atoms with E-state index < -0.39 is 0 Å². The first kappa shape index (κ1) is 13.7. The number of nitrogens with one attached hydrogen (secondary N) is 1. The molecule has 1 aliphatic heterocycles. The average Bonchev–Trinajstić information content (AvgIpc) is 3.08. The second-order valence-electron chi connectivity index (χ2n) is 6.22. The number of nitrogens with zero attached hydrogens (tertiary/aromatic N) is 4. The zero-order valence-corrected chi connectivity index (χ0v) is 12.4. The maximum absolute atomic E-state index is 9.30. The molecule has 8 heteroatoms. The Balaban J connectivity index is 1.74.